The number of hydrogen-bond donors (Lipinski definition) is 1. The van der Waals surface area contributed by atoms with Crippen LogP contribution in [0.15, 0.2) is 18.2 Å². The molecule has 0 saturated heterocycles. The summed E-state index contributed by atoms with van der Waals surface area (Å²) in [6.45, 7) is 6.87. The van der Waals surface area contributed by atoms with Crippen LogP contribution in [-0.2, 0) is 6.42 Å². The Morgan fingerprint density at radius 3 is 2.55 bits per heavy atom. The van der Waals surface area contributed by atoms with Crippen LogP contribution in [0.5, 0.6) is 0 Å². The maximum atomic E-state index is 10.3. The molecule has 1 nitrogen and oxygen atoms in total. The van der Waals surface area contributed by atoms with Crippen LogP contribution in [0.1, 0.15) is 45.6 Å². The van der Waals surface area contributed by atoms with Crippen molar-refractivity contribution < 1.29 is 5.11 Å². The summed E-state index contributed by atoms with van der Waals surface area (Å²) >= 11 is 12.3. The molecule has 0 radical (unpaired) electrons. The van der Waals surface area contributed by atoms with Gasteiger partial charge in [-0.1, -0.05) is 44.0 Å². The Labute approximate surface area is 132 Å². The van der Waals surface area contributed by atoms with Gasteiger partial charge in [0.05, 0.1) is 6.10 Å². The van der Waals surface area contributed by atoms with E-state index in [1.807, 2.05) is 18.2 Å². The van der Waals surface area contributed by atoms with E-state index in [1.54, 1.807) is 0 Å². The van der Waals surface area contributed by atoms with Crippen molar-refractivity contribution in [1.29, 1.82) is 0 Å². The summed E-state index contributed by atoms with van der Waals surface area (Å²) in [5, 5.41) is 11.8. The fourth-order valence-electron chi connectivity index (χ4n) is 3.24. The van der Waals surface area contributed by atoms with Crippen molar-refractivity contribution in [2.24, 2.45) is 17.3 Å². The lowest BCUT2D eigenvalue weighted by atomic mass is 9.67. The third-order valence-electron chi connectivity index (χ3n) is 4.66. The van der Waals surface area contributed by atoms with Crippen LogP contribution in [0, 0.1) is 17.3 Å². The fourth-order valence-corrected chi connectivity index (χ4v) is 3.63. The summed E-state index contributed by atoms with van der Waals surface area (Å²) in [5.41, 5.74) is 1.36. The van der Waals surface area contributed by atoms with Gasteiger partial charge in [0.15, 0.2) is 0 Å². The molecule has 112 valence electrons. The molecular weight excluding hydrogens is 291 g/mol. The van der Waals surface area contributed by atoms with Crippen molar-refractivity contribution in [2.45, 2.75) is 52.6 Å². The second kappa shape index (κ2) is 6.25. The van der Waals surface area contributed by atoms with E-state index in [9.17, 15) is 5.11 Å². The lowest BCUT2D eigenvalue weighted by Gasteiger charge is -2.40. The Morgan fingerprint density at radius 2 is 1.90 bits per heavy atom. The molecule has 1 fully saturated rings. The third-order valence-corrected chi connectivity index (χ3v) is 5.26. The lowest BCUT2D eigenvalue weighted by Crippen LogP contribution is -2.35. The maximum absolute atomic E-state index is 10.3. The zero-order valence-corrected chi connectivity index (χ0v) is 14.0. The molecule has 0 amide bonds. The molecule has 1 aromatic carbocycles. The van der Waals surface area contributed by atoms with Crippen molar-refractivity contribution in [1.82, 2.24) is 0 Å². The Balaban J connectivity index is 2.12. The molecule has 0 bridgehead atoms. The molecule has 0 spiro atoms. The molecule has 1 saturated carbocycles. The van der Waals surface area contributed by atoms with Crippen LogP contribution in [0.25, 0.3) is 0 Å². The van der Waals surface area contributed by atoms with E-state index < -0.39 is 0 Å². The van der Waals surface area contributed by atoms with E-state index in [4.69, 9.17) is 23.2 Å². The summed E-state index contributed by atoms with van der Waals surface area (Å²) in [7, 11) is 0. The van der Waals surface area contributed by atoms with Gasteiger partial charge in [-0.25, -0.2) is 0 Å². The average Bonchev–Trinajstić information content (AvgIpc) is 2.35. The topological polar surface area (TPSA) is 20.2 Å². The lowest BCUT2D eigenvalue weighted by molar-refractivity contribution is 0.0196. The summed E-state index contributed by atoms with van der Waals surface area (Å²) in [4.78, 5) is 0. The smallest absolute Gasteiger partial charge is 0.0571 e. The number of aliphatic hydroxyl groups excluding tert-OH is 1. The molecule has 3 atom stereocenters. The molecule has 1 aliphatic carbocycles. The Bertz CT molecular complexity index is 465. The number of halogens is 2. The SMILES string of the molecule is CC(C)(C)C1CCC(O)C(Cc2cc(Cl)ccc2Cl)C1. The number of benzene rings is 1. The molecule has 0 heterocycles. The van der Waals surface area contributed by atoms with Gasteiger partial charge < -0.3 is 5.11 Å². The first kappa shape index (κ1) is 16.1. The van der Waals surface area contributed by atoms with Crippen molar-refractivity contribution in [3.05, 3.63) is 33.8 Å². The van der Waals surface area contributed by atoms with Gasteiger partial charge in [0.1, 0.15) is 0 Å². The Morgan fingerprint density at radius 1 is 1.20 bits per heavy atom. The van der Waals surface area contributed by atoms with Gasteiger partial charge in [0.25, 0.3) is 0 Å². The standard InChI is InChI=1S/C17H24Cl2O/c1-17(2,3)13-4-7-16(20)12(9-13)8-11-10-14(18)5-6-15(11)19/h5-6,10,12-13,16,20H,4,7-9H2,1-3H3. The predicted molar refractivity (Wildman–Crippen MR) is 86.5 cm³/mol. The van der Waals surface area contributed by atoms with Crippen molar-refractivity contribution in [3.8, 4) is 0 Å². The van der Waals surface area contributed by atoms with Crippen molar-refractivity contribution in [2.75, 3.05) is 0 Å². The highest BCUT2D eigenvalue weighted by molar-refractivity contribution is 6.33. The molecule has 1 N–H and O–H groups in total. The minimum absolute atomic E-state index is 0.219. The largest absolute Gasteiger partial charge is 0.393 e. The molecule has 0 aliphatic heterocycles. The Kier molecular flexibility index (Phi) is 5.05. The molecule has 1 aliphatic rings. The highest BCUT2D eigenvalue weighted by atomic mass is 35.5. The van der Waals surface area contributed by atoms with Crippen molar-refractivity contribution in [3.63, 3.8) is 0 Å². The quantitative estimate of drug-likeness (QED) is 0.779. The van der Waals surface area contributed by atoms with E-state index in [1.165, 1.54) is 0 Å². The summed E-state index contributed by atoms with van der Waals surface area (Å²) < 4.78 is 0. The van der Waals surface area contributed by atoms with Crippen LogP contribution in [0.3, 0.4) is 0 Å². The number of aliphatic hydroxyl groups is 1. The first-order chi connectivity index (χ1) is 9.27. The summed E-state index contributed by atoms with van der Waals surface area (Å²) in [5.74, 6) is 0.942. The normalized spacial score (nSPS) is 27.6. The molecule has 3 unspecified atom stereocenters. The van der Waals surface area contributed by atoms with Gasteiger partial charge in [-0.2, -0.15) is 0 Å². The minimum Gasteiger partial charge on any atom is -0.393 e. The monoisotopic (exact) mass is 314 g/mol. The third kappa shape index (κ3) is 3.90. The van der Waals surface area contributed by atoms with Gasteiger partial charge in [-0.3, -0.25) is 0 Å². The number of hydrogen-bond acceptors (Lipinski definition) is 1. The van der Waals surface area contributed by atoms with E-state index in [-0.39, 0.29) is 12.0 Å². The zero-order chi connectivity index (χ0) is 14.9. The fraction of sp³-hybridized carbons (Fsp3) is 0.647. The van der Waals surface area contributed by atoms with Crippen LogP contribution >= 0.6 is 23.2 Å². The predicted octanol–water partition coefficient (Wildman–Crippen LogP) is 5.36. The second-order valence-electron chi connectivity index (χ2n) is 7.14. The summed E-state index contributed by atoms with van der Waals surface area (Å²) in [6.07, 6.45) is 3.67. The highest BCUT2D eigenvalue weighted by Crippen LogP contribution is 2.41. The van der Waals surface area contributed by atoms with Crippen LogP contribution in [0.2, 0.25) is 10.0 Å². The molecular formula is C17H24Cl2O. The van der Waals surface area contributed by atoms with E-state index in [0.29, 0.717) is 16.4 Å². The van der Waals surface area contributed by atoms with Gasteiger partial charge in [-0.05, 0) is 66.7 Å². The van der Waals surface area contributed by atoms with Gasteiger partial charge in [0, 0.05) is 10.0 Å². The van der Waals surface area contributed by atoms with Crippen LogP contribution in [0.4, 0.5) is 0 Å². The minimum atomic E-state index is -0.219. The molecule has 0 aromatic heterocycles. The van der Waals surface area contributed by atoms with Crippen LogP contribution in [-0.4, -0.2) is 11.2 Å². The van der Waals surface area contributed by atoms with E-state index in [0.717, 1.165) is 36.3 Å². The maximum Gasteiger partial charge on any atom is 0.0571 e. The molecule has 3 heteroatoms. The molecule has 20 heavy (non-hydrogen) atoms. The molecule has 2 rings (SSSR count). The zero-order valence-electron chi connectivity index (χ0n) is 12.5. The van der Waals surface area contributed by atoms with E-state index in [2.05, 4.69) is 20.8 Å². The summed E-state index contributed by atoms with van der Waals surface area (Å²) in [6, 6.07) is 5.58. The van der Waals surface area contributed by atoms with Crippen molar-refractivity contribution >= 4 is 23.2 Å². The molecule has 1 aromatic rings. The first-order valence-electron chi connectivity index (χ1n) is 7.39. The van der Waals surface area contributed by atoms with Crippen LogP contribution < -0.4 is 0 Å². The van der Waals surface area contributed by atoms with Gasteiger partial charge in [0.2, 0.25) is 0 Å². The Hall–Kier alpha value is -0.240. The highest BCUT2D eigenvalue weighted by Gasteiger charge is 2.35. The van der Waals surface area contributed by atoms with Gasteiger partial charge in [-0.15, -0.1) is 0 Å². The van der Waals surface area contributed by atoms with E-state index >= 15 is 0 Å². The first-order valence-corrected chi connectivity index (χ1v) is 8.15. The number of rotatable bonds is 2. The van der Waals surface area contributed by atoms with Gasteiger partial charge >= 0.3 is 0 Å². The average molecular weight is 315 g/mol. The second-order valence-corrected chi connectivity index (χ2v) is 7.99.